The quantitative estimate of drug-likeness (QED) is 0.713. The Morgan fingerprint density at radius 1 is 1.50 bits per heavy atom. The Bertz CT molecular complexity index is 493. The smallest absolute Gasteiger partial charge is 0.303 e. The van der Waals surface area contributed by atoms with Crippen LogP contribution in [0.1, 0.15) is 19.8 Å². The highest BCUT2D eigenvalue weighted by Gasteiger charge is 2.15. The molecule has 0 saturated carbocycles. The number of halogens is 1. The molecule has 6 nitrogen and oxygen atoms in total. The Labute approximate surface area is 121 Å². The molecule has 0 fully saturated rings. The minimum absolute atomic E-state index is 0.0753. The van der Waals surface area contributed by atoms with Crippen LogP contribution in [-0.2, 0) is 9.59 Å². The van der Waals surface area contributed by atoms with Crippen molar-refractivity contribution in [2.75, 3.05) is 11.9 Å². The molecule has 0 bridgehead atoms. The molecule has 0 aliphatic carbocycles. The third kappa shape index (κ3) is 5.07. The number of nitrogens with two attached hydrogens (primary N) is 1. The van der Waals surface area contributed by atoms with Crippen molar-refractivity contribution in [3.8, 4) is 5.75 Å². The van der Waals surface area contributed by atoms with E-state index in [1.54, 1.807) is 18.2 Å². The first-order valence-corrected chi connectivity index (χ1v) is 6.52. The highest BCUT2D eigenvalue weighted by Crippen LogP contribution is 2.27. The van der Waals surface area contributed by atoms with Crippen LogP contribution in [0.4, 0.5) is 5.69 Å². The van der Waals surface area contributed by atoms with Gasteiger partial charge in [0.25, 0.3) is 0 Å². The number of carboxylic acid groups (broad SMARTS) is 1. The maximum Gasteiger partial charge on any atom is 0.303 e. The molecule has 110 valence electrons. The average Bonchev–Trinajstić information content (AvgIpc) is 2.39. The van der Waals surface area contributed by atoms with Gasteiger partial charge in [0, 0.05) is 12.1 Å². The fourth-order valence-corrected chi connectivity index (χ4v) is 1.73. The molecule has 4 N–H and O–H groups in total. The van der Waals surface area contributed by atoms with Gasteiger partial charge in [-0.3, -0.25) is 9.59 Å². The van der Waals surface area contributed by atoms with E-state index in [1.165, 1.54) is 0 Å². The van der Waals surface area contributed by atoms with E-state index in [9.17, 15) is 9.59 Å². The van der Waals surface area contributed by atoms with Gasteiger partial charge in [-0.2, -0.15) is 0 Å². The van der Waals surface area contributed by atoms with Crippen LogP contribution in [0.3, 0.4) is 0 Å². The van der Waals surface area contributed by atoms with Crippen LogP contribution in [0.25, 0.3) is 0 Å². The van der Waals surface area contributed by atoms with E-state index in [0.717, 1.165) is 0 Å². The van der Waals surface area contributed by atoms with E-state index in [0.29, 0.717) is 23.1 Å². The van der Waals surface area contributed by atoms with Gasteiger partial charge in [-0.05, 0) is 31.5 Å². The van der Waals surface area contributed by atoms with Crippen LogP contribution in [0, 0.1) is 0 Å². The van der Waals surface area contributed by atoms with E-state index in [-0.39, 0.29) is 12.8 Å². The number of anilines is 1. The first kappa shape index (κ1) is 16.3. The first-order valence-electron chi connectivity index (χ1n) is 6.14. The van der Waals surface area contributed by atoms with Crippen molar-refractivity contribution in [3.63, 3.8) is 0 Å². The lowest BCUT2D eigenvalue weighted by Crippen LogP contribution is -2.36. The van der Waals surface area contributed by atoms with E-state index < -0.39 is 17.9 Å². The van der Waals surface area contributed by atoms with Crippen molar-refractivity contribution < 1.29 is 19.4 Å². The Balaban J connectivity index is 2.61. The topological polar surface area (TPSA) is 102 Å². The molecule has 1 aromatic carbocycles. The van der Waals surface area contributed by atoms with Crippen molar-refractivity contribution in [2.45, 2.75) is 25.8 Å². The Morgan fingerprint density at radius 3 is 2.75 bits per heavy atom. The van der Waals surface area contributed by atoms with E-state index in [1.807, 2.05) is 6.92 Å². The van der Waals surface area contributed by atoms with Gasteiger partial charge in [0.2, 0.25) is 5.91 Å². The molecular formula is C13H17ClN2O4. The van der Waals surface area contributed by atoms with Crippen LogP contribution in [-0.4, -0.2) is 29.6 Å². The minimum atomic E-state index is -0.989. The standard InChI is InChI=1S/C13H17ClN2O4/c1-2-20-11-5-3-8(7-9(11)14)16-13(19)10(15)4-6-12(17)18/h3,5,7,10H,2,4,6,15H2,1H3,(H,16,19)(H,17,18). The molecule has 20 heavy (non-hydrogen) atoms. The van der Waals surface area contributed by atoms with Crippen LogP contribution in [0.15, 0.2) is 18.2 Å². The third-order valence-electron chi connectivity index (χ3n) is 2.51. The predicted molar refractivity (Wildman–Crippen MR) is 76.1 cm³/mol. The molecule has 1 amide bonds. The fourth-order valence-electron chi connectivity index (χ4n) is 1.50. The molecule has 0 saturated heterocycles. The Kier molecular flexibility index (Phi) is 6.27. The molecule has 0 heterocycles. The van der Waals surface area contributed by atoms with Crippen LogP contribution < -0.4 is 15.8 Å². The van der Waals surface area contributed by atoms with E-state index in [2.05, 4.69) is 5.32 Å². The summed E-state index contributed by atoms with van der Waals surface area (Å²) in [6, 6.07) is 3.95. The highest BCUT2D eigenvalue weighted by atomic mass is 35.5. The van der Waals surface area contributed by atoms with Crippen molar-refractivity contribution in [1.29, 1.82) is 0 Å². The zero-order valence-corrected chi connectivity index (χ0v) is 11.8. The highest BCUT2D eigenvalue weighted by molar-refractivity contribution is 6.32. The fraction of sp³-hybridized carbons (Fsp3) is 0.385. The monoisotopic (exact) mass is 300 g/mol. The van der Waals surface area contributed by atoms with Crippen LogP contribution >= 0.6 is 11.6 Å². The number of amides is 1. The van der Waals surface area contributed by atoms with Gasteiger partial charge in [-0.15, -0.1) is 0 Å². The lowest BCUT2D eigenvalue weighted by atomic mass is 10.1. The summed E-state index contributed by atoms with van der Waals surface area (Å²) in [6.07, 6.45) is -0.0788. The number of benzene rings is 1. The van der Waals surface area contributed by atoms with Gasteiger partial charge >= 0.3 is 5.97 Å². The number of hydrogen-bond acceptors (Lipinski definition) is 4. The Hall–Kier alpha value is -1.79. The molecule has 0 aromatic heterocycles. The summed E-state index contributed by atoms with van der Waals surface area (Å²) in [7, 11) is 0. The van der Waals surface area contributed by atoms with Gasteiger partial charge in [-0.25, -0.2) is 0 Å². The van der Waals surface area contributed by atoms with E-state index in [4.69, 9.17) is 27.2 Å². The average molecular weight is 301 g/mol. The number of ether oxygens (including phenoxy) is 1. The summed E-state index contributed by atoms with van der Waals surface area (Å²) in [4.78, 5) is 22.2. The second-order valence-electron chi connectivity index (χ2n) is 4.11. The lowest BCUT2D eigenvalue weighted by molar-refractivity contribution is -0.137. The summed E-state index contributed by atoms with van der Waals surface area (Å²) in [5, 5.41) is 11.5. The van der Waals surface area contributed by atoms with Crippen molar-refractivity contribution >= 4 is 29.2 Å². The SMILES string of the molecule is CCOc1ccc(NC(=O)C(N)CCC(=O)O)cc1Cl. The maximum absolute atomic E-state index is 11.7. The van der Waals surface area contributed by atoms with Crippen molar-refractivity contribution in [2.24, 2.45) is 5.73 Å². The molecule has 0 aliphatic rings. The summed E-state index contributed by atoms with van der Waals surface area (Å²) in [5.74, 6) is -0.911. The molecule has 0 radical (unpaired) electrons. The number of hydrogen-bond donors (Lipinski definition) is 3. The molecular weight excluding hydrogens is 284 g/mol. The van der Waals surface area contributed by atoms with Gasteiger partial charge in [0.15, 0.2) is 0 Å². The molecule has 1 atom stereocenters. The number of carbonyl (C=O) groups is 2. The number of nitrogens with one attached hydrogen (secondary N) is 1. The van der Waals surface area contributed by atoms with Crippen molar-refractivity contribution in [1.82, 2.24) is 0 Å². The second kappa shape index (κ2) is 7.72. The maximum atomic E-state index is 11.7. The number of rotatable bonds is 7. The molecule has 1 unspecified atom stereocenters. The third-order valence-corrected chi connectivity index (χ3v) is 2.80. The summed E-state index contributed by atoms with van der Waals surface area (Å²) in [6.45, 7) is 2.33. The molecule has 1 aromatic rings. The van der Waals surface area contributed by atoms with E-state index >= 15 is 0 Å². The van der Waals surface area contributed by atoms with Gasteiger partial charge < -0.3 is 20.9 Å². The molecule has 7 heteroatoms. The largest absolute Gasteiger partial charge is 0.492 e. The van der Waals surface area contributed by atoms with Crippen molar-refractivity contribution in [3.05, 3.63) is 23.2 Å². The molecule has 0 spiro atoms. The zero-order valence-electron chi connectivity index (χ0n) is 11.1. The minimum Gasteiger partial charge on any atom is -0.492 e. The Morgan fingerprint density at radius 2 is 2.20 bits per heavy atom. The predicted octanol–water partition coefficient (Wildman–Crippen LogP) is 1.87. The molecule has 1 rings (SSSR count). The summed E-state index contributed by atoms with van der Waals surface area (Å²) >= 11 is 5.99. The second-order valence-corrected chi connectivity index (χ2v) is 4.51. The van der Waals surface area contributed by atoms with Crippen LogP contribution in [0.5, 0.6) is 5.75 Å². The zero-order chi connectivity index (χ0) is 15.1. The first-order chi connectivity index (χ1) is 9.43. The lowest BCUT2D eigenvalue weighted by Gasteiger charge is -2.12. The van der Waals surface area contributed by atoms with Gasteiger partial charge in [0.1, 0.15) is 5.75 Å². The summed E-state index contributed by atoms with van der Waals surface area (Å²) in [5.41, 5.74) is 6.08. The molecule has 0 aliphatic heterocycles. The number of carboxylic acids is 1. The summed E-state index contributed by atoms with van der Waals surface area (Å²) < 4.78 is 5.27. The number of carbonyl (C=O) groups excluding carboxylic acids is 1. The van der Waals surface area contributed by atoms with Gasteiger partial charge in [-0.1, -0.05) is 11.6 Å². The van der Waals surface area contributed by atoms with Gasteiger partial charge in [0.05, 0.1) is 17.7 Å². The van der Waals surface area contributed by atoms with Crippen LogP contribution in [0.2, 0.25) is 5.02 Å². The normalized spacial score (nSPS) is 11.8. The number of aliphatic carboxylic acids is 1.